The van der Waals surface area contributed by atoms with Crippen molar-refractivity contribution in [3.63, 3.8) is 0 Å². The van der Waals surface area contributed by atoms with Crippen LogP contribution < -0.4 is 9.80 Å². The van der Waals surface area contributed by atoms with Crippen LogP contribution in [0.3, 0.4) is 0 Å². The van der Waals surface area contributed by atoms with Crippen molar-refractivity contribution >= 4 is 34.0 Å². The second-order valence-electron chi connectivity index (χ2n) is 6.80. The number of fused-ring (bicyclic) bond motifs is 1. The average molecular weight is 391 g/mol. The third-order valence-corrected chi connectivity index (χ3v) is 5.35. The van der Waals surface area contributed by atoms with E-state index in [1.54, 1.807) is 12.5 Å². The van der Waals surface area contributed by atoms with Crippen molar-refractivity contribution in [2.45, 2.75) is 0 Å². The fourth-order valence-corrected chi connectivity index (χ4v) is 3.88. The van der Waals surface area contributed by atoms with Gasteiger partial charge in [0.1, 0.15) is 12.1 Å². The first-order valence-corrected chi connectivity index (χ1v) is 9.66. The largest absolute Gasteiger partial charge is 0.368 e. The van der Waals surface area contributed by atoms with Gasteiger partial charge in [-0.25, -0.2) is 14.6 Å². The van der Waals surface area contributed by atoms with E-state index in [1.807, 2.05) is 47.3 Å². The highest BCUT2D eigenvalue weighted by Crippen LogP contribution is 2.27. The van der Waals surface area contributed by atoms with Gasteiger partial charge in [0.05, 0.1) is 11.2 Å². The summed E-state index contributed by atoms with van der Waals surface area (Å²) in [6.07, 6.45) is 5.37. The molecule has 7 heteroatoms. The van der Waals surface area contributed by atoms with Crippen LogP contribution >= 0.6 is 11.6 Å². The fourth-order valence-electron chi connectivity index (χ4n) is 3.70. The SMILES string of the molecule is Clc1cccc(N2CCN(c3ncnc4ccc(-n5cccn5)cc34)CC2)c1. The van der Waals surface area contributed by atoms with Crippen molar-refractivity contribution in [3.05, 3.63) is 72.3 Å². The third kappa shape index (κ3) is 3.16. The molecule has 1 fully saturated rings. The maximum Gasteiger partial charge on any atom is 0.140 e. The molecule has 0 spiro atoms. The van der Waals surface area contributed by atoms with Crippen molar-refractivity contribution in [1.82, 2.24) is 19.7 Å². The first-order chi connectivity index (χ1) is 13.8. The van der Waals surface area contributed by atoms with Gasteiger partial charge in [-0.05, 0) is 42.5 Å². The number of benzene rings is 2. The van der Waals surface area contributed by atoms with Crippen LogP contribution in [0.4, 0.5) is 11.5 Å². The molecular formula is C21H19ClN6. The minimum Gasteiger partial charge on any atom is -0.368 e. The maximum atomic E-state index is 6.15. The van der Waals surface area contributed by atoms with Crippen molar-refractivity contribution in [2.75, 3.05) is 36.0 Å². The zero-order valence-corrected chi connectivity index (χ0v) is 16.0. The lowest BCUT2D eigenvalue weighted by molar-refractivity contribution is 0.649. The zero-order valence-electron chi connectivity index (χ0n) is 15.2. The Morgan fingerprint density at radius 3 is 2.46 bits per heavy atom. The highest BCUT2D eigenvalue weighted by Gasteiger charge is 2.20. The molecule has 0 saturated carbocycles. The summed E-state index contributed by atoms with van der Waals surface area (Å²) < 4.78 is 1.85. The molecule has 140 valence electrons. The van der Waals surface area contributed by atoms with Gasteiger partial charge in [0.15, 0.2) is 0 Å². The number of anilines is 2. The van der Waals surface area contributed by atoms with Crippen molar-refractivity contribution in [2.24, 2.45) is 0 Å². The quantitative estimate of drug-likeness (QED) is 0.532. The highest BCUT2D eigenvalue weighted by molar-refractivity contribution is 6.30. The molecule has 1 aliphatic heterocycles. The van der Waals surface area contributed by atoms with Gasteiger partial charge < -0.3 is 9.80 Å². The van der Waals surface area contributed by atoms with E-state index in [2.05, 4.69) is 37.0 Å². The fraction of sp³-hybridized carbons (Fsp3) is 0.190. The topological polar surface area (TPSA) is 50.1 Å². The Bertz CT molecular complexity index is 1100. The monoisotopic (exact) mass is 390 g/mol. The van der Waals surface area contributed by atoms with Crippen molar-refractivity contribution in [1.29, 1.82) is 0 Å². The van der Waals surface area contributed by atoms with E-state index in [1.165, 1.54) is 5.69 Å². The summed E-state index contributed by atoms with van der Waals surface area (Å²) in [6, 6.07) is 16.1. The van der Waals surface area contributed by atoms with E-state index in [4.69, 9.17) is 11.6 Å². The van der Waals surface area contributed by atoms with Crippen LogP contribution in [0.1, 0.15) is 0 Å². The summed E-state index contributed by atoms with van der Waals surface area (Å²) in [5.74, 6) is 0.977. The van der Waals surface area contributed by atoms with Crippen LogP contribution in [0.25, 0.3) is 16.6 Å². The summed E-state index contributed by atoms with van der Waals surface area (Å²) in [6.45, 7) is 3.63. The molecule has 0 amide bonds. The van der Waals surface area contributed by atoms with E-state index in [-0.39, 0.29) is 0 Å². The molecule has 4 aromatic rings. The van der Waals surface area contributed by atoms with Crippen LogP contribution in [0, 0.1) is 0 Å². The first-order valence-electron chi connectivity index (χ1n) is 9.28. The van der Waals surface area contributed by atoms with E-state index >= 15 is 0 Å². The molecule has 3 heterocycles. The lowest BCUT2D eigenvalue weighted by atomic mass is 10.2. The number of piperazine rings is 1. The highest BCUT2D eigenvalue weighted by atomic mass is 35.5. The standard InChI is InChI=1S/C21H19ClN6/c22-16-3-1-4-17(13-16)26-9-11-27(12-10-26)21-19-14-18(28-8-2-7-25-28)5-6-20(19)23-15-24-21/h1-8,13-15H,9-12H2. The third-order valence-electron chi connectivity index (χ3n) is 5.12. The Hall–Kier alpha value is -3.12. The summed E-state index contributed by atoms with van der Waals surface area (Å²) in [7, 11) is 0. The lowest BCUT2D eigenvalue weighted by Gasteiger charge is -2.37. The van der Waals surface area contributed by atoms with Crippen molar-refractivity contribution < 1.29 is 0 Å². The molecule has 0 N–H and O–H groups in total. The van der Waals surface area contributed by atoms with Crippen molar-refractivity contribution in [3.8, 4) is 5.69 Å². The van der Waals surface area contributed by atoms with Gasteiger partial charge in [0, 0.05) is 54.7 Å². The normalized spacial score (nSPS) is 14.6. The van der Waals surface area contributed by atoms with Gasteiger partial charge in [-0.2, -0.15) is 5.10 Å². The molecule has 2 aromatic heterocycles. The minimum absolute atomic E-state index is 0.771. The molecule has 5 rings (SSSR count). The Balaban J connectivity index is 1.43. The summed E-state index contributed by atoms with van der Waals surface area (Å²) in [5.41, 5.74) is 3.12. The molecule has 0 radical (unpaired) electrons. The lowest BCUT2D eigenvalue weighted by Crippen LogP contribution is -2.46. The summed E-state index contributed by atoms with van der Waals surface area (Å²) in [5, 5.41) is 6.15. The maximum absolute atomic E-state index is 6.15. The van der Waals surface area contributed by atoms with Gasteiger partial charge in [0.25, 0.3) is 0 Å². The molecule has 0 bridgehead atoms. The Kier molecular flexibility index (Phi) is 4.33. The van der Waals surface area contributed by atoms with Crippen LogP contribution in [-0.4, -0.2) is 45.9 Å². The molecule has 1 aliphatic rings. The van der Waals surface area contributed by atoms with Crippen LogP contribution in [0.5, 0.6) is 0 Å². The van der Waals surface area contributed by atoms with E-state index < -0.39 is 0 Å². The molecule has 0 atom stereocenters. The molecule has 28 heavy (non-hydrogen) atoms. The van der Waals surface area contributed by atoms with Crippen LogP contribution in [0.15, 0.2) is 67.3 Å². The minimum atomic E-state index is 0.771. The van der Waals surface area contributed by atoms with Gasteiger partial charge in [-0.3, -0.25) is 0 Å². The number of halogens is 1. The number of hydrogen-bond acceptors (Lipinski definition) is 5. The number of rotatable bonds is 3. The van der Waals surface area contributed by atoms with Crippen LogP contribution in [-0.2, 0) is 0 Å². The number of aromatic nitrogens is 4. The second kappa shape index (κ2) is 7.13. The van der Waals surface area contributed by atoms with Gasteiger partial charge in [-0.1, -0.05) is 17.7 Å². The van der Waals surface area contributed by atoms with E-state index in [0.717, 1.165) is 53.6 Å². The Morgan fingerprint density at radius 1 is 0.821 bits per heavy atom. The molecule has 0 unspecified atom stereocenters. The molecular weight excluding hydrogens is 372 g/mol. The van der Waals surface area contributed by atoms with E-state index in [9.17, 15) is 0 Å². The smallest absolute Gasteiger partial charge is 0.140 e. The second-order valence-corrected chi connectivity index (χ2v) is 7.24. The Labute approximate surface area is 168 Å². The first kappa shape index (κ1) is 17.0. The molecule has 2 aromatic carbocycles. The van der Waals surface area contributed by atoms with Gasteiger partial charge >= 0.3 is 0 Å². The summed E-state index contributed by atoms with van der Waals surface area (Å²) in [4.78, 5) is 13.7. The molecule has 1 saturated heterocycles. The number of hydrogen-bond donors (Lipinski definition) is 0. The zero-order chi connectivity index (χ0) is 18.9. The number of nitrogens with zero attached hydrogens (tertiary/aromatic N) is 6. The predicted octanol–water partition coefficient (Wildman–Crippen LogP) is 3.80. The van der Waals surface area contributed by atoms with E-state index in [0.29, 0.717) is 0 Å². The Morgan fingerprint density at radius 2 is 1.68 bits per heavy atom. The molecule has 6 nitrogen and oxygen atoms in total. The van der Waals surface area contributed by atoms with Crippen LogP contribution in [0.2, 0.25) is 5.02 Å². The van der Waals surface area contributed by atoms with Gasteiger partial charge in [0.2, 0.25) is 0 Å². The average Bonchev–Trinajstić information content (AvgIpc) is 3.28. The molecule has 0 aliphatic carbocycles. The van der Waals surface area contributed by atoms with Gasteiger partial charge in [-0.15, -0.1) is 0 Å². The predicted molar refractivity (Wildman–Crippen MR) is 113 cm³/mol. The summed E-state index contributed by atoms with van der Waals surface area (Å²) >= 11 is 6.15.